The molecule has 2 atom stereocenters. The molecule has 2 aromatic heterocycles. The van der Waals surface area contributed by atoms with Crippen molar-refractivity contribution in [2.75, 3.05) is 36.0 Å². The number of hydrogen-bond donors (Lipinski definition) is 2. The van der Waals surface area contributed by atoms with E-state index in [0.29, 0.717) is 17.5 Å². The number of aliphatic hydroxyl groups is 2. The molecule has 3 heterocycles. The van der Waals surface area contributed by atoms with Crippen LogP contribution in [0.2, 0.25) is 0 Å². The van der Waals surface area contributed by atoms with E-state index in [1.165, 1.54) is 12.3 Å². The smallest absolute Gasteiger partial charge is 0.323 e. The Morgan fingerprint density at radius 1 is 0.812 bits per heavy atom. The molecule has 0 unspecified atom stereocenters. The monoisotopic (exact) mass is 659 g/mol. The van der Waals surface area contributed by atoms with E-state index in [9.17, 15) is 19.0 Å². The first kappa shape index (κ1) is 31.7. The average molecular weight is 660 g/mol. The molecule has 0 spiro atoms. The van der Waals surface area contributed by atoms with E-state index in [2.05, 4.69) is 42.4 Å². The lowest BCUT2D eigenvalue weighted by molar-refractivity contribution is -0.207. The van der Waals surface area contributed by atoms with Crippen LogP contribution in [0, 0.1) is 17.6 Å². The summed E-state index contributed by atoms with van der Waals surface area (Å²) in [5.41, 5.74) is -0.382. The highest BCUT2D eigenvalue weighted by molar-refractivity contribution is 5.66. The molecule has 0 amide bonds. The van der Waals surface area contributed by atoms with Gasteiger partial charge in [0.2, 0.25) is 0 Å². The Bertz CT molecular complexity index is 1850. The summed E-state index contributed by atoms with van der Waals surface area (Å²) in [6, 6.07) is 20.5. The van der Waals surface area contributed by atoms with Gasteiger partial charge >= 0.3 is 5.92 Å². The number of piperazine rings is 1. The molecule has 48 heavy (non-hydrogen) atoms. The lowest BCUT2D eigenvalue weighted by Crippen LogP contribution is -2.48. The third-order valence-corrected chi connectivity index (χ3v) is 9.28. The number of tetrazole rings is 1. The molecular weight excluding hydrogens is 626 g/mol. The van der Waals surface area contributed by atoms with Crippen molar-refractivity contribution in [1.82, 2.24) is 25.2 Å². The fourth-order valence-corrected chi connectivity index (χ4v) is 6.28. The lowest BCUT2D eigenvalue weighted by Gasteiger charge is -2.37. The first-order chi connectivity index (χ1) is 23.1. The highest BCUT2D eigenvalue weighted by atomic mass is 19.3. The van der Waals surface area contributed by atoms with Crippen LogP contribution < -0.4 is 9.80 Å². The Hall–Kier alpha value is -4.88. The van der Waals surface area contributed by atoms with Crippen molar-refractivity contribution in [2.24, 2.45) is 5.92 Å². The Morgan fingerprint density at radius 2 is 1.44 bits per heavy atom. The summed E-state index contributed by atoms with van der Waals surface area (Å²) in [6.45, 7) is 2.39. The fourth-order valence-electron chi connectivity index (χ4n) is 6.28. The second-order valence-corrected chi connectivity index (χ2v) is 12.4. The number of nitrogens with zero attached hydrogens (tertiary/aromatic N) is 7. The van der Waals surface area contributed by atoms with Gasteiger partial charge in [-0.1, -0.05) is 30.3 Å². The van der Waals surface area contributed by atoms with E-state index in [0.717, 1.165) is 90.7 Å². The number of aromatic nitrogens is 5. The number of pyridine rings is 1. The van der Waals surface area contributed by atoms with Gasteiger partial charge < -0.3 is 20.0 Å². The van der Waals surface area contributed by atoms with E-state index in [-0.39, 0.29) is 6.10 Å². The standard InChI is InChI=1S/C35H33F4N7O2/c36-27-8-13-30(31(37)19-27)34(48,21-46-22-41-42-43-46)35(38,39)32-14-7-26(20-40-32)23-3-9-28(10-4-23)44-15-17-45(18-16-44)29-11-5-25(6-12-29)33(47)24-1-2-24/h3-14,19-20,22,24,33,47-48H,1-2,15-18,21H2/t33-,34+/m1/s1. The van der Waals surface area contributed by atoms with E-state index in [1.807, 2.05) is 36.4 Å². The minimum atomic E-state index is -4.14. The third kappa shape index (κ3) is 6.11. The normalized spacial score (nSPS) is 17.3. The zero-order valence-corrected chi connectivity index (χ0v) is 25.8. The van der Waals surface area contributed by atoms with Gasteiger partial charge in [0.25, 0.3) is 0 Å². The number of aliphatic hydroxyl groups excluding tert-OH is 1. The Labute approximate surface area is 274 Å². The summed E-state index contributed by atoms with van der Waals surface area (Å²) in [6.07, 6.45) is 4.08. The molecule has 1 aliphatic carbocycles. The Kier molecular flexibility index (Phi) is 8.34. The zero-order chi connectivity index (χ0) is 33.5. The van der Waals surface area contributed by atoms with Crippen molar-refractivity contribution >= 4 is 11.4 Å². The van der Waals surface area contributed by atoms with Crippen LogP contribution in [0.3, 0.4) is 0 Å². The van der Waals surface area contributed by atoms with E-state index in [1.54, 1.807) is 0 Å². The fraction of sp³-hybridized carbons (Fsp3) is 0.314. The summed E-state index contributed by atoms with van der Waals surface area (Å²) in [5.74, 6) is -6.07. The lowest BCUT2D eigenvalue weighted by atomic mass is 9.84. The molecule has 7 rings (SSSR count). The second-order valence-electron chi connectivity index (χ2n) is 12.4. The van der Waals surface area contributed by atoms with Crippen molar-refractivity contribution in [3.05, 3.63) is 120 Å². The van der Waals surface area contributed by atoms with Gasteiger partial charge in [0.15, 0.2) is 5.60 Å². The van der Waals surface area contributed by atoms with Gasteiger partial charge in [-0.05, 0) is 82.8 Å². The van der Waals surface area contributed by atoms with E-state index in [4.69, 9.17) is 0 Å². The van der Waals surface area contributed by atoms with Crippen molar-refractivity contribution in [3.63, 3.8) is 0 Å². The van der Waals surface area contributed by atoms with E-state index < -0.39 is 41.0 Å². The van der Waals surface area contributed by atoms with Gasteiger partial charge in [-0.3, -0.25) is 4.98 Å². The van der Waals surface area contributed by atoms with Gasteiger partial charge in [-0.2, -0.15) is 8.78 Å². The molecule has 2 aliphatic rings. The van der Waals surface area contributed by atoms with Gasteiger partial charge in [0.05, 0.1) is 12.6 Å². The molecule has 1 aliphatic heterocycles. The number of benzene rings is 3. The summed E-state index contributed by atoms with van der Waals surface area (Å²) < 4.78 is 61.5. The molecule has 248 valence electrons. The summed E-state index contributed by atoms with van der Waals surface area (Å²) in [4.78, 5) is 8.59. The van der Waals surface area contributed by atoms with E-state index >= 15 is 8.78 Å². The SMILES string of the molecule is O[C@@H](c1ccc(N2CCN(c3ccc(-c4ccc(C(F)(F)[C@](O)(Cn5cnnn5)c5ccc(F)cc5F)nc4)cc3)CC2)cc1)C1CC1. The van der Waals surface area contributed by atoms with Crippen molar-refractivity contribution < 1.29 is 27.8 Å². The first-order valence-corrected chi connectivity index (χ1v) is 15.7. The molecular formula is C35H33F4N7O2. The summed E-state index contributed by atoms with van der Waals surface area (Å²) in [5, 5.41) is 32.1. The average Bonchev–Trinajstić information content (AvgIpc) is 3.84. The predicted molar refractivity (Wildman–Crippen MR) is 170 cm³/mol. The molecule has 0 radical (unpaired) electrons. The van der Waals surface area contributed by atoms with Crippen molar-refractivity contribution in [2.45, 2.75) is 37.0 Å². The summed E-state index contributed by atoms with van der Waals surface area (Å²) in [7, 11) is 0. The molecule has 2 N–H and O–H groups in total. The molecule has 0 bridgehead atoms. The van der Waals surface area contributed by atoms with Crippen LogP contribution in [0.15, 0.2) is 91.4 Å². The quantitative estimate of drug-likeness (QED) is 0.191. The highest BCUT2D eigenvalue weighted by Gasteiger charge is 2.58. The minimum absolute atomic E-state index is 0.374. The molecule has 2 fully saturated rings. The molecule has 5 aromatic rings. The molecule has 13 heteroatoms. The van der Waals surface area contributed by atoms with Crippen LogP contribution in [0.1, 0.15) is 35.8 Å². The Balaban J connectivity index is 1.03. The van der Waals surface area contributed by atoms with Gasteiger partial charge in [0, 0.05) is 60.9 Å². The van der Waals surface area contributed by atoms with Gasteiger partial charge in [-0.15, -0.1) is 5.10 Å². The molecule has 1 saturated heterocycles. The second kappa shape index (κ2) is 12.6. The van der Waals surface area contributed by atoms with Gasteiger partial charge in [-0.25, -0.2) is 13.5 Å². The zero-order valence-electron chi connectivity index (χ0n) is 25.8. The Morgan fingerprint density at radius 3 is 1.98 bits per heavy atom. The topological polar surface area (TPSA) is 103 Å². The first-order valence-electron chi connectivity index (χ1n) is 15.7. The predicted octanol–water partition coefficient (Wildman–Crippen LogP) is 5.46. The molecule has 3 aromatic carbocycles. The molecule has 9 nitrogen and oxygen atoms in total. The maximum absolute atomic E-state index is 16.1. The number of rotatable bonds is 10. The largest absolute Gasteiger partial charge is 0.388 e. The number of anilines is 2. The highest BCUT2D eigenvalue weighted by Crippen LogP contribution is 2.47. The number of hydrogen-bond acceptors (Lipinski definition) is 8. The van der Waals surface area contributed by atoms with Crippen molar-refractivity contribution in [1.29, 1.82) is 0 Å². The minimum Gasteiger partial charge on any atom is -0.388 e. The van der Waals surface area contributed by atoms with Crippen LogP contribution >= 0.6 is 0 Å². The van der Waals surface area contributed by atoms with Crippen LogP contribution in [-0.4, -0.2) is 61.6 Å². The van der Waals surface area contributed by atoms with Crippen LogP contribution in [-0.2, 0) is 18.1 Å². The van der Waals surface area contributed by atoms with Crippen molar-refractivity contribution in [3.8, 4) is 11.1 Å². The van der Waals surface area contributed by atoms with Crippen LogP contribution in [0.4, 0.5) is 28.9 Å². The maximum atomic E-state index is 16.1. The van der Waals surface area contributed by atoms with Crippen LogP contribution in [0.5, 0.6) is 0 Å². The number of alkyl halides is 2. The third-order valence-electron chi connectivity index (χ3n) is 9.28. The van der Waals surface area contributed by atoms with Crippen LogP contribution in [0.25, 0.3) is 11.1 Å². The maximum Gasteiger partial charge on any atom is 0.323 e. The molecule has 1 saturated carbocycles. The van der Waals surface area contributed by atoms with Gasteiger partial charge in [0.1, 0.15) is 23.7 Å². The number of halogens is 4. The summed E-state index contributed by atoms with van der Waals surface area (Å²) >= 11 is 0.